The molecule has 1 heterocycles. The van der Waals surface area contributed by atoms with Gasteiger partial charge in [0.15, 0.2) is 5.16 Å². The summed E-state index contributed by atoms with van der Waals surface area (Å²) in [5, 5.41) is 13.6. The Balaban J connectivity index is 1.83. The molecule has 3 rings (SSSR count). The number of rotatable bonds is 6. The Bertz CT molecular complexity index is 1010. The lowest BCUT2D eigenvalue weighted by Crippen LogP contribution is -2.49. The molecule has 1 N–H and O–H groups in total. The van der Waals surface area contributed by atoms with Crippen molar-refractivity contribution in [2.24, 2.45) is 5.92 Å². The lowest BCUT2D eigenvalue weighted by Gasteiger charge is -2.31. The molecular formula is C21H25BrN4O2S. The average molecular weight is 477 g/mol. The summed E-state index contributed by atoms with van der Waals surface area (Å²) in [7, 11) is 0. The van der Waals surface area contributed by atoms with Crippen LogP contribution < -0.4 is 10.9 Å². The molecule has 1 aromatic carbocycles. The summed E-state index contributed by atoms with van der Waals surface area (Å²) in [5.74, 6) is 0.187. The highest BCUT2D eigenvalue weighted by atomic mass is 79.9. The number of nitrogens with zero attached hydrogens (tertiary/aromatic N) is 3. The van der Waals surface area contributed by atoms with Crippen molar-refractivity contribution in [3.8, 4) is 6.07 Å². The van der Waals surface area contributed by atoms with E-state index in [0.717, 1.165) is 23.7 Å². The topological polar surface area (TPSA) is 87.8 Å². The molecule has 1 aliphatic carbocycles. The SMILES string of the molecule is CC(C)Cn1c(SCC(=O)NC2(C#N)CCCCC2)nc2ccc(Br)cc2c1=O. The normalized spacial score (nSPS) is 16.0. The molecule has 0 unspecified atom stereocenters. The molecule has 1 fully saturated rings. The summed E-state index contributed by atoms with van der Waals surface area (Å²) < 4.78 is 2.48. The highest BCUT2D eigenvalue weighted by Gasteiger charge is 2.33. The molecule has 0 spiro atoms. The summed E-state index contributed by atoms with van der Waals surface area (Å²) in [6.07, 6.45) is 4.40. The maximum Gasteiger partial charge on any atom is 0.262 e. The molecule has 0 radical (unpaired) electrons. The molecule has 0 bridgehead atoms. The van der Waals surface area contributed by atoms with Gasteiger partial charge in [0.25, 0.3) is 5.56 Å². The zero-order valence-electron chi connectivity index (χ0n) is 16.7. The van der Waals surface area contributed by atoms with Gasteiger partial charge in [0.1, 0.15) is 5.54 Å². The molecule has 0 aliphatic heterocycles. The number of nitriles is 1. The fourth-order valence-electron chi connectivity index (χ4n) is 3.66. The zero-order valence-corrected chi connectivity index (χ0v) is 19.1. The first-order chi connectivity index (χ1) is 13.8. The Kier molecular flexibility index (Phi) is 7.01. The van der Waals surface area contributed by atoms with Crippen molar-refractivity contribution in [3.05, 3.63) is 33.0 Å². The van der Waals surface area contributed by atoms with Crippen LogP contribution in [-0.2, 0) is 11.3 Å². The van der Waals surface area contributed by atoms with Crippen LogP contribution in [-0.4, -0.2) is 26.8 Å². The van der Waals surface area contributed by atoms with Crippen LogP contribution in [0.4, 0.5) is 0 Å². The minimum absolute atomic E-state index is 0.103. The fraction of sp³-hybridized carbons (Fsp3) is 0.524. The van der Waals surface area contributed by atoms with Gasteiger partial charge in [-0.05, 0) is 37.0 Å². The molecule has 1 aliphatic rings. The van der Waals surface area contributed by atoms with Crippen LogP contribution in [0.5, 0.6) is 0 Å². The largest absolute Gasteiger partial charge is 0.337 e. The van der Waals surface area contributed by atoms with Gasteiger partial charge in [-0.3, -0.25) is 14.2 Å². The van der Waals surface area contributed by atoms with E-state index in [4.69, 9.17) is 0 Å². The quantitative estimate of drug-likeness (QED) is 0.497. The van der Waals surface area contributed by atoms with Gasteiger partial charge in [-0.25, -0.2) is 4.98 Å². The third-order valence-electron chi connectivity index (χ3n) is 5.06. The minimum atomic E-state index is -0.753. The Labute approximate surface area is 183 Å². The smallest absolute Gasteiger partial charge is 0.262 e. The summed E-state index contributed by atoms with van der Waals surface area (Å²) >= 11 is 4.66. The van der Waals surface area contributed by atoms with E-state index in [1.807, 2.05) is 19.9 Å². The van der Waals surface area contributed by atoms with E-state index in [1.165, 1.54) is 11.8 Å². The van der Waals surface area contributed by atoms with Crippen molar-refractivity contribution in [1.29, 1.82) is 5.26 Å². The molecule has 2 aromatic rings. The summed E-state index contributed by atoms with van der Waals surface area (Å²) in [6.45, 7) is 4.61. The summed E-state index contributed by atoms with van der Waals surface area (Å²) in [5.41, 5.74) is -0.244. The van der Waals surface area contributed by atoms with Gasteiger partial charge in [0, 0.05) is 11.0 Å². The zero-order chi connectivity index (χ0) is 21.0. The fourth-order valence-corrected chi connectivity index (χ4v) is 4.83. The minimum Gasteiger partial charge on any atom is -0.337 e. The Morgan fingerprint density at radius 3 is 2.76 bits per heavy atom. The van der Waals surface area contributed by atoms with Crippen LogP contribution >= 0.6 is 27.7 Å². The maximum atomic E-state index is 13.0. The van der Waals surface area contributed by atoms with Crippen LogP contribution in [0, 0.1) is 17.2 Å². The lowest BCUT2D eigenvalue weighted by atomic mass is 9.83. The standard InChI is InChI=1S/C21H25BrN4O2S/c1-14(2)11-26-19(28)16-10-15(22)6-7-17(16)24-20(26)29-12-18(27)25-21(13-23)8-4-3-5-9-21/h6-7,10,14H,3-5,8-9,11-12H2,1-2H3,(H,25,27). The lowest BCUT2D eigenvalue weighted by molar-refractivity contribution is -0.120. The number of aromatic nitrogens is 2. The number of benzene rings is 1. The number of hydrogen-bond acceptors (Lipinski definition) is 5. The van der Waals surface area contributed by atoms with Crippen LogP contribution in [0.3, 0.4) is 0 Å². The number of carbonyl (C=O) groups is 1. The van der Waals surface area contributed by atoms with E-state index in [2.05, 4.69) is 32.3 Å². The molecule has 29 heavy (non-hydrogen) atoms. The number of nitrogens with one attached hydrogen (secondary N) is 1. The molecule has 6 nitrogen and oxygen atoms in total. The van der Waals surface area contributed by atoms with Crippen LogP contribution in [0.2, 0.25) is 0 Å². The number of carbonyl (C=O) groups excluding carboxylic acids is 1. The number of halogens is 1. The molecule has 1 saturated carbocycles. The number of amides is 1. The first kappa shape index (κ1) is 21.8. The van der Waals surface area contributed by atoms with Crippen LogP contribution in [0.1, 0.15) is 46.0 Å². The van der Waals surface area contributed by atoms with Crippen molar-refractivity contribution in [1.82, 2.24) is 14.9 Å². The third-order valence-corrected chi connectivity index (χ3v) is 6.53. The first-order valence-corrected chi connectivity index (χ1v) is 11.7. The second kappa shape index (κ2) is 9.31. The van der Waals surface area contributed by atoms with E-state index in [1.54, 1.807) is 16.7 Å². The number of thioether (sulfide) groups is 1. The Morgan fingerprint density at radius 1 is 1.38 bits per heavy atom. The predicted molar refractivity (Wildman–Crippen MR) is 119 cm³/mol. The molecular weight excluding hydrogens is 452 g/mol. The highest BCUT2D eigenvalue weighted by molar-refractivity contribution is 9.10. The molecule has 8 heteroatoms. The molecule has 0 saturated heterocycles. The van der Waals surface area contributed by atoms with Crippen LogP contribution in [0.15, 0.2) is 32.6 Å². The van der Waals surface area contributed by atoms with E-state index in [-0.39, 0.29) is 23.1 Å². The molecule has 1 amide bonds. The number of fused-ring (bicyclic) bond motifs is 1. The van der Waals surface area contributed by atoms with Crippen molar-refractivity contribution in [2.75, 3.05) is 5.75 Å². The van der Waals surface area contributed by atoms with E-state index in [9.17, 15) is 14.9 Å². The maximum absolute atomic E-state index is 13.0. The monoisotopic (exact) mass is 476 g/mol. The van der Waals surface area contributed by atoms with Gasteiger partial charge in [-0.1, -0.05) is 60.8 Å². The van der Waals surface area contributed by atoms with Crippen LogP contribution in [0.25, 0.3) is 10.9 Å². The summed E-state index contributed by atoms with van der Waals surface area (Å²) in [6, 6.07) is 7.74. The summed E-state index contributed by atoms with van der Waals surface area (Å²) in [4.78, 5) is 30.3. The Hall–Kier alpha value is -1.85. The van der Waals surface area contributed by atoms with Crippen molar-refractivity contribution >= 4 is 44.5 Å². The van der Waals surface area contributed by atoms with Gasteiger partial charge < -0.3 is 5.32 Å². The van der Waals surface area contributed by atoms with E-state index in [0.29, 0.717) is 35.4 Å². The third kappa shape index (κ3) is 5.20. The van der Waals surface area contributed by atoms with Gasteiger partial charge in [0.05, 0.1) is 22.7 Å². The molecule has 0 atom stereocenters. The second-order valence-corrected chi connectivity index (χ2v) is 9.82. The van der Waals surface area contributed by atoms with Crippen molar-refractivity contribution in [2.45, 2.75) is 63.2 Å². The first-order valence-electron chi connectivity index (χ1n) is 9.89. The van der Waals surface area contributed by atoms with Gasteiger partial charge in [-0.15, -0.1) is 0 Å². The van der Waals surface area contributed by atoms with E-state index >= 15 is 0 Å². The Morgan fingerprint density at radius 2 is 2.10 bits per heavy atom. The average Bonchev–Trinajstić information content (AvgIpc) is 2.70. The molecule has 1 aromatic heterocycles. The van der Waals surface area contributed by atoms with Gasteiger partial charge in [-0.2, -0.15) is 5.26 Å². The van der Waals surface area contributed by atoms with Crippen molar-refractivity contribution in [3.63, 3.8) is 0 Å². The van der Waals surface area contributed by atoms with Gasteiger partial charge in [0.2, 0.25) is 5.91 Å². The van der Waals surface area contributed by atoms with E-state index < -0.39 is 5.54 Å². The van der Waals surface area contributed by atoms with Crippen molar-refractivity contribution < 1.29 is 4.79 Å². The second-order valence-electron chi connectivity index (χ2n) is 7.96. The van der Waals surface area contributed by atoms with Gasteiger partial charge >= 0.3 is 0 Å². The number of hydrogen-bond donors (Lipinski definition) is 1. The highest BCUT2D eigenvalue weighted by Crippen LogP contribution is 2.28. The molecule has 154 valence electrons. The predicted octanol–water partition coefficient (Wildman–Crippen LogP) is 4.25.